The molecule has 0 aliphatic rings. The zero-order valence-electron chi connectivity index (χ0n) is 8.45. The lowest BCUT2D eigenvalue weighted by Gasteiger charge is -1.98. The molecule has 0 radical (unpaired) electrons. The summed E-state index contributed by atoms with van der Waals surface area (Å²) in [5.74, 6) is 0.842. The number of hydrogen-bond acceptors (Lipinski definition) is 1. The number of halogens is 1. The van der Waals surface area contributed by atoms with Crippen molar-refractivity contribution in [2.24, 2.45) is 0 Å². The second-order valence-electron chi connectivity index (χ2n) is 3.16. The van der Waals surface area contributed by atoms with Crippen molar-refractivity contribution in [3.63, 3.8) is 0 Å². The zero-order chi connectivity index (χ0) is 8.36. The Morgan fingerprint density at radius 1 is 0.750 bits per heavy atom. The number of rotatable bonds is 8. The number of hydrogen-bond donors (Lipinski definition) is 1. The molecule has 0 amide bonds. The van der Waals surface area contributed by atoms with Crippen LogP contribution in [-0.4, -0.2) is 5.88 Å². The molecule has 3 N–H and O–H groups in total. The Morgan fingerprint density at radius 2 is 1.17 bits per heavy atom. The van der Waals surface area contributed by atoms with E-state index in [0.29, 0.717) is 0 Å². The molecule has 0 bridgehead atoms. The van der Waals surface area contributed by atoms with Gasteiger partial charge in [0.25, 0.3) is 0 Å². The van der Waals surface area contributed by atoms with Crippen LogP contribution < -0.4 is 6.15 Å². The molecule has 0 spiro atoms. The normalized spacial score (nSPS) is 9.50. The average molecular weight is 194 g/mol. The predicted molar refractivity (Wildman–Crippen MR) is 58.4 cm³/mol. The minimum atomic E-state index is 0. The second-order valence-corrected chi connectivity index (χ2v) is 3.54. The van der Waals surface area contributed by atoms with E-state index in [2.05, 4.69) is 6.92 Å². The molecule has 0 aromatic heterocycles. The summed E-state index contributed by atoms with van der Waals surface area (Å²) < 4.78 is 0. The molecule has 0 aromatic rings. The molecule has 76 valence electrons. The van der Waals surface area contributed by atoms with Crippen LogP contribution in [0.4, 0.5) is 0 Å². The third-order valence-corrected chi connectivity index (χ3v) is 2.25. The first kappa shape index (κ1) is 14.8. The summed E-state index contributed by atoms with van der Waals surface area (Å²) in [4.78, 5) is 0. The van der Waals surface area contributed by atoms with Crippen LogP contribution >= 0.6 is 11.6 Å². The first-order chi connectivity index (χ1) is 5.41. The first-order valence-electron chi connectivity index (χ1n) is 4.97. The van der Waals surface area contributed by atoms with Gasteiger partial charge in [0.15, 0.2) is 0 Å². The van der Waals surface area contributed by atoms with Crippen LogP contribution in [-0.2, 0) is 0 Å². The topological polar surface area (TPSA) is 35.0 Å². The third-order valence-electron chi connectivity index (χ3n) is 1.99. The molecule has 2 heteroatoms. The summed E-state index contributed by atoms with van der Waals surface area (Å²) in [6.07, 6.45) is 10.9. The Bertz CT molecular complexity index is 58.9. The highest BCUT2D eigenvalue weighted by Gasteiger charge is 1.89. The van der Waals surface area contributed by atoms with Gasteiger partial charge in [-0.2, -0.15) is 0 Å². The number of unbranched alkanes of at least 4 members (excludes halogenated alkanes) is 7. The van der Waals surface area contributed by atoms with Crippen molar-refractivity contribution in [1.82, 2.24) is 6.15 Å². The average Bonchev–Trinajstić information content (AvgIpc) is 2.03. The van der Waals surface area contributed by atoms with Gasteiger partial charge >= 0.3 is 0 Å². The van der Waals surface area contributed by atoms with E-state index >= 15 is 0 Å². The van der Waals surface area contributed by atoms with Crippen LogP contribution in [0.5, 0.6) is 0 Å². The molecule has 12 heavy (non-hydrogen) atoms. The lowest BCUT2D eigenvalue weighted by molar-refractivity contribution is 0.586. The molecule has 0 heterocycles. The van der Waals surface area contributed by atoms with E-state index in [4.69, 9.17) is 11.6 Å². The maximum absolute atomic E-state index is 5.56. The fourth-order valence-corrected chi connectivity index (χ4v) is 1.42. The van der Waals surface area contributed by atoms with Crippen molar-refractivity contribution in [3.05, 3.63) is 0 Å². The molecule has 0 aliphatic heterocycles. The molecule has 0 fully saturated rings. The highest BCUT2D eigenvalue weighted by Crippen LogP contribution is 2.08. The van der Waals surface area contributed by atoms with Gasteiger partial charge in [0, 0.05) is 5.88 Å². The molecular weight excluding hydrogens is 170 g/mol. The Balaban J connectivity index is 0. The Labute approximate surface area is 82.5 Å². The lowest BCUT2D eigenvalue weighted by Crippen LogP contribution is -1.80. The highest BCUT2D eigenvalue weighted by molar-refractivity contribution is 6.17. The van der Waals surface area contributed by atoms with Gasteiger partial charge in [0.2, 0.25) is 0 Å². The highest BCUT2D eigenvalue weighted by atomic mass is 35.5. The van der Waals surface area contributed by atoms with E-state index in [1.165, 1.54) is 51.4 Å². The maximum Gasteiger partial charge on any atom is 0.0223 e. The van der Waals surface area contributed by atoms with Crippen LogP contribution in [0, 0.1) is 0 Å². The van der Waals surface area contributed by atoms with E-state index in [0.717, 1.165) is 5.88 Å². The minimum Gasteiger partial charge on any atom is -0.344 e. The molecule has 1 nitrogen and oxygen atoms in total. The lowest BCUT2D eigenvalue weighted by atomic mass is 10.1. The van der Waals surface area contributed by atoms with Gasteiger partial charge in [-0.1, -0.05) is 51.9 Å². The Morgan fingerprint density at radius 3 is 1.58 bits per heavy atom. The van der Waals surface area contributed by atoms with Crippen molar-refractivity contribution >= 4 is 11.6 Å². The van der Waals surface area contributed by atoms with Gasteiger partial charge in [-0.3, -0.25) is 0 Å². The molecule has 0 aromatic carbocycles. The first-order valence-corrected chi connectivity index (χ1v) is 5.51. The van der Waals surface area contributed by atoms with Gasteiger partial charge in [-0.05, 0) is 6.42 Å². The van der Waals surface area contributed by atoms with Crippen molar-refractivity contribution < 1.29 is 0 Å². The summed E-state index contributed by atoms with van der Waals surface area (Å²) in [5, 5.41) is 0. The fourth-order valence-electron chi connectivity index (χ4n) is 1.23. The SMILES string of the molecule is CCCCCCCCCCCl.N. The Kier molecular flexibility index (Phi) is 17.0. The summed E-state index contributed by atoms with van der Waals surface area (Å²) in [5.41, 5.74) is 0. The van der Waals surface area contributed by atoms with Crippen LogP contribution in [0.3, 0.4) is 0 Å². The van der Waals surface area contributed by atoms with Crippen LogP contribution in [0.2, 0.25) is 0 Å². The molecule has 0 aliphatic carbocycles. The zero-order valence-corrected chi connectivity index (χ0v) is 9.20. The maximum atomic E-state index is 5.56. The van der Waals surface area contributed by atoms with E-state index in [1.807, 2.05) is 0 Å². The van der Waals surface area contributed by atoms with Crippen LogP contribution in [0.15, 0.2) is 0 Å². The van der Waals surface area contributed by atoms with Gasteiger partial charge < -0.3 is 6.15 Å². The van der Waals surface area contributed by atoms with Gasteiger partial charge in [-0.15, -0.1) is 11.6 Å². The van der Waals surface area contributed by atoms with Crippen molar-refractivity contribution in [3.8, 4) is 0 Å². The van der Waals surface area contributed by atoms with Gasteiger partial charge in [-0.25, -0.2) is 0 Å². The smallest absolute Gasteiger partial charge is 0.0223 e. The summed E-state index contributed by atoms with van der Waals surface area (Å²) in [6.45, 7) is 2.26. The largest absolute Gasteiger partial charge is 0.344 e. The van der Waals surface area contributed by atoms with Crippen molar-refractivity contribution in [2.45, 2.75) is 58.3 Å². The monoisotopic (exact) mass is 193 g/mol. The molecule has 0 saturated heterocycles. The molecule has 0 unspecified atom stereocenters. The number of alkyl halides is 1. The van der Waals surface area contributed by atoms with Crippen LogP contribution in [0.25, 0.3) is 0 Å². The van der Waals surface area contributed by atoms with Gasteiger partial charge in [0.1, 0.15) is 0 Å². The quantitative estimate of drug-likeness (QED) is 0.446. The van der Waals surface area contributed by atoms with E-state index in [-0.39, 0.29) is 6.15 Å². The van der Waals surface area contributed by atoms with Crippen LogP contribution in [0.1, 0.15) is 58.3 Å². The summed E-state index contributed by atoms with van der Waals surface area (Å²) >= 11 is 5.56. The fraction of sp³-hybridized carbons (Fsp3) is 1.00. The van der Waals surface area contributed by atoms with E-state index in [9.17, 15) is 0 Å². The van der Waals surface area contributed by atoms with Gasteiger partial charge in [0.05, 0.1) is 0 Å². The molecular formula is C10H24ClN. The molecule has 0 rings (SSSR count). The standard InChI is InChI=1S/C10H21Cl.H3N/c1-2-3-4-5-6-7-8-9-10-11;/h2-10H2,1H3;1H3. The van der Waals surface area contributed by atoms with Crippen molar-refractivity contribution in [1.29, 1.82) is 0 Å². The molecule has 0 atom stereocenters. The predicted octanol–water partition coefficient (Wildman–Crippen LogP) is 4.53. The summed E-state index contributed by atoms with van der Waals surface area (Å²) in [6, 6.07) is 0. The second kappa shape index (κ2) is 13.8. The van der Waals surface area contributed by atoms with E-state index in [1.54, 1.807) is 0 Å². The minimum absolute atomic E-state index is 0. The van der Waals surface area contributed by atoms with Crippen molar-refractivity contribution in [2.75, 3.05) is 5.88 Å². The molecule has 0 saturated carbocycles. The summed E-state index contributed by atoms with van der Waals surface area (Å²) in [7, 11) is 0. The third kappa shape index (κ3) is 12.9. The Hall–Kier alpha value is 0.250. The van der Waals surface area contributed by atoms with E-state index < -0.39 is 0 Å².